The summed E-state index contributed by atoms with van der Waals surface area (Å²) in [6.45, 7) is 20.8. The molecule has 1 aromatic heterocycles. The highest BCUT2D eigenvalue weighted by molar-refractivity contribution is 5.45. The second-order valence-electron chi connectivity index (χ2n) is 7.74. The fraction of sp³-hybridized carbons (Fsp3) is 0.500. The standard InChI is InChI=1S/C15H22N2.C11H14F2.C2H6/c1-6-8-9-15-16-12(5)13(10-11(3)4)14(7-2)17-15;1-4-9-6-5-7-10(8(9)2)11(3,12)13;1-2/h7,10H,3,6,8-9H2,1-2,4-5H3;5-7H,4H2,1-3H3;1-2H3/b13-10-,14-7+;;. The molecule has 0 amide bonds. The molecule has 0 fully saturated rings. The molecule has 0 aliphatic carbocycles. The maximum Gasteiger partial charge on any atom is 0.270 e. The summed E-state index contributed by atoms with van der Waals surface area (Å²) in [6.07, 6.45) is 8.17. The van der Waals surface area contributed by atoms with Gasteiger partial charge in [0.1, 0.15) is 5.82 Å². The Balaban J connectivity index is 0.000000574. The van der Waals surface area contributed by atoms with Gasteiger partial charge < -0.3 is 0 Å². The van der Waals surface area contributed by atoms with Crippen LogP contribution in [0.25, 0.3) is 12.2 Å². The summed E-state index contributed by atoms with van der Waals surface area (Å²) in [6, 6.07) is 5.08. The van der Waals surface area contributed by atoms with Gasteiger partial charge in [0.15, 0.2) is 0 Å². The van der Waals surface area contributed by atoms with E-state index in [0.29, 0.717) is 0 Å². The number of benzene rings is 1. The third kappa shape index (κ3) is 9.42. The van der Waals surface area contributed by atoms with E-state index in [9.17, 15) is 8.78 Å². The predicted molar refractivity (Wildman–Crippen MR) is 136 cm³/mol. The van der Waals surface area contributed by atoms with Gasteiger partial charge in [-0.2, -0.15) is 0 Å². The number of unbranched alkanes of at least 4 members (excludes halogenated alkanes) is 1. The number of halogens is 2. The number of hydrogen-bond acceptors (Lipinski definition) is 2. The molecular formula is C28H42F2N2. The van der Waals surface area contributed by atoms with Crippen LogP contribution >= 0.6 is 0 Å². The van der Waals surface area contributed by atoms with Gasteiger partial charge in [-0.25, -0.2) is 18.7 Å². The Hall–Kier alpha value is -2.36. The summed E-state index contributed by atoms with van der Waals surface area (Å²) < 4.78 is 26.1. The van der Waals surface area contributed by atoms with Crippen LogP contribution in [0.3, 0.4) is 0 Å². The summed E-state index contributed by atoms with van der Waals surface area (Å²) in [5.74, 6) is -1.77. The van der Waals surface area contributed by atoms with Gasteiger partial charge in [0, 0.05) is 29.8 Å². The van der Waals surface area contributed by atoms with Crippen LogP contribution in [0, 0.1) is 13.8 Å². The molecular weight excluding hydrogens is 402 g/mol. The van der Waals surface area contributed by atoms with Crippen molar-refractivity contribution in [3.63, 3.8) is 0 Å². The van der Waals surface area contributed by atoms with Crippen LogP contribution in [0.15, 0.2) is 30.4 Å². The van der Waals surface area contributed by atoms with Crippen LogP contribution in [0.1, 0.15) is 89.5 Å². The molecule has 0 aliphatic rings. The number of alkyl halides is 2. The number of hydrogen-bond donors (Lipinski definition) is 0. The number of aryl methyl sites for hydroxylation is 3. The minimum Gasteiger partial charge on any atom is -0.238 e. The fourth-order valence-corrected chi connectivity index (χ4v) is 3.30. The summed E-state index contributed by atoms with van der Waals surface area (Å²) in [4.78, 5) is 9.17. The zero-order valence-corrected chi connectivity index (χ0v) is 21.6. The summed E-state index contributed by atoms with van der Waals surface area (Å²) >= 11 is 0. The van der Waals surface area contributed by atoms with Gasteiger partial charge >= 0.3 is 0 Å². The summed E-state index contributed by atoms with van der Waals surface area (Å²) in [7, 11) is 0. The highest BCUT2D eigenvalue weighted by atomic mass is 19.3. The Morgan fingerprint density at radius 3 is 2.22 bits per heavy atom. The third-order valence-electron chi connectivity index (χ3n) is 4.93. The first-order valence-electron chi connectivity index (χ1n) is 11.7. The number of allylic oxidation sites excluding steroid dienone is 1. The zero-order chi connectivity index (χ0) is 24.9. The van der Waals surface area contributed by atoms with E-state index >= 15 is 0 Å². The van der Waals surface area contributed by atoms with Gasteiger partial charge in [-0.1, -0.05) is 70.5 Å². The third-order valence-corrected chi connectivity index (χ3v) is 4.93. The SMILES string of the molecule is C=C(C)/C=c1/c(C)nc(CCCC)n/c1=C/C.CC.CCc1cccc(C(C)(F)F)c1C. The van der Waals surface area contributed by atoms with Crippen LogP contribution < -0.4 is 10.6 Å². The maximum atomic E-state index is 13.0. The van der Waals surface area contributed by atoms with Crippen molar-refractivity contribution in [3.05, 3.63) is 69.1 Å². The van der Waals surface area contributed by atoms with Crippen molar-refractivity contribution in [1.29, 1.82) is 0 Å². The van der Waals surface area contributed by atoms with E-state index in [0.717, 1.165) is 65.0 Å². The first-order valence-corrected chi connectivity index (χ1v) is 11.7. The first kappa shape index (κ1) is 29.6. The van der Waals surface area contributed by atoms with E-state index in [1.54, 1.807) is 13.0 Å². The Bertz CT molecular complexity index is 970. The van der Waals surface area contributed by atoms with Crippen molar-refractivity contribution in [2.24, 2.45) is 0 Å². The Kier molecular flexibility index (Phi) is 13.6. The second kappa shape index (κ2) is 14.7. The molecule has 0 saturated heterocycles. The molecule has 4 heteroatoms. The van der Waals surface area contributed by atoms with Gasteiger partial charge in [-0.15, -0.1) is 0 Å². The highest BCUT2D eigenvalue weighted by Crippen LogP contribution is 2.30. The van der Waals surface area contributed by atoms with Gasteiger partial charge in [-0.3, -0.25) is 0 Å². The van der Waals surface area contributed by atoms with Crippen molar-refractivity contribution >= 4 is 12.2 Å². The Morgan fingerprint density at radius 2 is 1.75 bits per heavy atom. The Morgan fingerprint density at radius 1 is 1.12 bits per heavy atom. The fourth-order valence-electron chi connectivity index (χ4n) is 3.30. The zero-order valence-electron chi connectivity index (χ0n) is 21.6. The van der Waals surface area contributed by atoms with Crippen LogP contribution in [0.2, 0.25) is 0 Å². The lowest BCUT2D eigenvalue weighted by molar-refractivity contribution is 0.0167. The molecule has 0 unspecified atom stereocenters. The second-order valence-corrected chi connectivity index (χ2v) is 7.74. The maximum absolute atomic E-state index is 13.0. The van der Waals surface area contributed by atoms with E-state index in [1.807, 2.05) is 59.8 Å². The molecule has 0 saturated carbocycles. The lowest BCUT2D eigenvalue weighted by Crippen LogP contribution is -2.33. The average molecular weight is 445 g/mol. The molecule has 32 heavy (non-hydrogen) atoms. The van der Waals surface area contributed by atoms with Crippen molar-refractivity contribution in [2.45, 2.75) is 93.9 Å². The van der Waals surface area contributed by atoms with Crippen molar-refractivity contribution in [2.75, 3.05) is 0 Å². The van der Waals surface area contributed by atoms with Gasteiger partial charge in [0.25, 0.3) is 5.92 Å². The van der Waals surface area contributed by atoms with E-state index in [1.165, 1.54) is 12.5 Å². The van der Waals surface area contributed by atoms with Crippen LogP contribution in [0.4, 0.5) is 8.78 Å². The molecule has 2 aromatic rings. The smallest absolute Gasteiger partial charge is 0.238 e. The molecule has 1 aromatic carbocycles. The normalized spacial score (nSPS) is 12.0. The molecule has 2 rings (SSSR count). The summed E-state index contributed by atoms with van der Waals surface area (Å²) in [5, 5.41) is 2.12. The molecule has 0 radical (unpaired) electrons. The van der Waals surface area contributed by atoms with E-state index in [2.05, 4.69) is 23.5 Å². The number of nitrogens with zero attached hydrogens (tertiary/aromatic N) is 2. The molecule has 178 valence electrons. The lowest BCUT2D eigenvalue weighted by Gasteiger charge is -2.15. The quantitative estimate of drug-likeness (QED) is 0.480. The highest BCUT2D eigenvalue weighted by Gasteiger charge is 2.26. The van der Waals surface area contributed by atoms with Crippen LogP contribution in [-0.4, -0.2) is 9.97 Å². The number of rotatable bonds is 6. The molecule has 0 aliphatic heterocycles. The molecule has 0 N–H and O–H groups in total. The largest absolute Gasteiger partial charge is 0.270 e. The summed E-state index contributed by atoms with van der Waals surface area (Å²) in [5.41, 5.74) is 3.94. The van der Waals surface area contributed by atoms with Crippen molar-refractivity contribution in [3.8, 4) is 0 Å². The van der Waals surface area contributed by atoms with Gasteiger partial charge in [0.05, 0.1) is 5.35 Å². The minimum atomic E-state index is -2.73. The first-order chi connectivity index (χ1) is 15.0. The van der Waals surface area contributed by atoms with Gasteiger partial charge in [-0.05, 0) is 57.7 Å². The van der Waals surface area contributed by atoms with Gasteiger partial charge in [0.2, 0.25) is 0 Å². The van der Waals surface area contributed by atoms with Crippen molar-refractivity contribution < 1.29 is 8.78 Å². The molecule has 0 spiro atoms. The molecule has 0 atom stereocenters. The van der Waals surface area contributed by atoms with Crippen molar-refractivity contribution in [1.82, 2.24) is 9.97 Å². The van der Waals surface area contributed by atoms with E-state index in [-0.39, 0.29) is 5.56 Å². The van der Waals surface area contributed by atoms with E-state index < -0.39 is 5.92 Å². The minimum absolute atomic E-state index is 0.145. The molecule has 0 bridgehead atoms. The number of aromatic nitrogens is 2. The van der Waals surface area contributed by atoms with Crippen LogP contribution in [-0.2, 0) is 18.8 Å². The monoisotopic (exact) mass is 444 g/mol. The van der Waals surface area contributed by atoms with E-state index in [4.69, 9.17) is 0 Å². The Labute approximate surface area is 194 Å². The average Bonchev–Trinajstić information content (AvgIpc) is 2.74. The lowest BCUT2D eigenvalue weighted by atomic mass is 9.97. The van der Waals surface area contributed by atoms with Crippen LogP contribution in [0.5, 0.6) is 0 Å². The molecule has 2 nitrogen and oxygen atoms in total. The topological polar surface area (TPSA) is 25.8 Å². The molecule has 1 heterocycles. The predicted octanol–water partition coefficient (Wildman–Crippen LogP) is 6.98.